The van der Waals surface area contributed by atoms with Crippen LogP contribution in [0.5, 0.6) is 0 Å². The summed E-state index contributed by atoms with van der Waals surface area (Å²) in [6.07, 6.45) is -7.68. The van der Waals surface area contributed by atoms with Crippen LogP contribution in [0.3, 0.4) is 0 Å². The molecule has 0 bridgehead atoms. The molecule has 6 nitrogen and oxygen atoms in total. The van der Waals surface area contributed by atoms with E-state index in [1.807, 2.05) is 0 Å². The van der Waals surface area contributed by atoms with Gasteiger partial charge in [0.25, 0.3) is 0 Å². The molecule has 1 aliphatic heterocycles. The monoisotopic (exact) mass is 546 g/mol. The lowest BCUT2D eigenvalue weighted by atomic mass is 10.0. The van der Waals surface area contributed by atoms with Crippen molar-refractivity contribution in [3.05, 3.63) is 94.1 Å². The molecule has 196 valence electrons. The highest BCUT2D eigenvalue weighted by Gasteiger charge is 2.36. The Bertz CT molecular complexity index is 1330. The highest BCUT2D eigenvalue weighted by Crippen LogP contribution is 2.41. The van der Waals surface area contributed by atoms with Crippen LogP contribution in [0.15, 0.2) is 71.8 Å². The Kier molecular flexibility index (Phi) is 7.40. The quantitative estimate of drug-likeness (QED) is 0.173. The van der Waals surface area contributed by atoms with E-state index >= 15 is 0 Å². The van der Waals surface area contributed by atoms with Crippen molar-refractivity contribution in [2.75, 3.05) is 14.2 Å². The number of ether oxygens (including phenoxy) is 2. The van der Waals surface area contributed by atoms with Crippen molar-refractivity contribution in [1.29, 1.82) is 0 Å². The molecule has 0 unspecified atom stereocenters. The third-order valence-electron chi connectivity index (χ3n) is 5.21. The largest absolute Gasteiger partial charge is 0.465 e. The first-order valence-corrected chi connectivity index (χ1v) is 11.5. The Hall–Kier alpha value is -3.87. The van der Waals surface area contributed by atoms with Gasteiger partial charge in [-0.05, 0) is 53.1 Å². The third kappa shape index (κ3) is 5.61. The van der Waals surface area contributed by atoms with Gasteiger partial charge in [-0.15, -0.1) is 0 Å². The molecule has 2 aromatic carbocycles. The molecule has 3 rings (SSSR count). The maximum Gasteiger partial charge on any atom is 0.416 e. The number of hydrogen-bond donors (Lipinski definition) is 0. The lowest BCUT2D eigenvalue weighted by molar-refractivity contribution is -0.144. The number of esters is 2. The van der Waals surface area contributed by atoms with Gasteiger partial charge in [0.15, 0.2) is 5.57 Å². The van der Waals surface area contributed by atoms with E-state index in [2.05, 4.69) is 9.47 Å². The standard InChI is InChI=1S/C24H16F6O6S/c1-35-21(31)20(22(32)36-2)15-11-18(13-3-7-16(8-4-13)23(25,26)27)37(33,34)19(12-15)14-5-9-17(10-6-14)24(28,29)30/h3-12H,1-2H3. The van der Waals surface area contributed by atoms with Gasteiger partial charge in [-0.25, -0.2) is 18.0 Å². The Morgan fingerprint density at radius 1 is 0.649 bits per heavy atom. The van der Waals surface area contributed by atoms with E-state index in [-0.39, 0.29) is 16.7 Å². The van der Waals surface area contributed by atoms with Gasteiger partial charge in [0.05, 0.1) is 35.2 Å². The zero-order chi connectivity index (χ0) is 27.8. The predicted molar refractivity (Wildman–Crippen MR) is 119 cm³/mol. The SMILES string of the molecule is COC(=O)C(C(=O)OC)=C1C=C(c2ccc(C(F)(F)F)cc2)S(=O)(=O)C(c2ccc(C(F)(F)F)cc2)=C1. The first kappa shape index (κ1) is 27.7. The highest BCUT2D eigenvalue weighted by molar-refractivity contribution is 8.09. The molecule has 37 heavy (non-hydrogen) atoms. The first-order chi connectivity index (χ1) is 17.1. The van der Waals surface area contributed by atoms with Gasteiger partial charge >= 0.3 is 24.3 Å². The normalized spacial score (nSPS) is 15.4. The summed E-state index contributed by atoms with van der Waals surface area (Å²) in [6.45, 7) is 0. The van der Waals surface area contributed by atoms with Crippen molar-refractivity contribution in [3.8, 4) is 0 Å². The number of sulfone groups is 1. The molecule has 0 spiro atoms. The molecule has 0 amide bonds. The van der Waals surface area contributed by atoms with Crippen molar-refractivity contribution in [2.45, 2.75) is 12.4 Å². The summed E-state index contributed by atoms with van der Waals surface area (Å²) >= 11 is 0. The molecule has 0 saturated heterocycles. The highest BCUT2D eigenvalue weighted by atomic mass is 32.2. The molecule has 0 aliphatic carbocycles. The topological polar surface area (TPSA) is 86.7 Å². The summed E-state index contributed by atoms with van der Waals surface area (Å²) in [5.41, 5.74) is -3.70. The minimum atomic E-state index is -4.71. The average Bonchev–Trinajstić information content (AvgIpc) is 2.83. The second-order valence-corrected chi connectivity index (χ2v) is 9.37. The predicted octanol–water partition coefficient (Wildman–Crippen LogP) is 5.18. The molecule has 1 aliphatic rings. The zero-order valence-corrected chi connectivity index (χ0v) is 19.7. The molecular formula is C24H16F6O6S. The number of rotatable bonds is 4. The summed E-state index contributed by atoms with van der Waals surface area (Å²) < 4.78 is 114. The van der Waals surface area contributed by atoms with Gasteiger partial charge in [-0.2, -0.15) is 26.3 Å². The van der Waals surface area contributed by atoms with E-state index in [0.717, 1.165) is 50.6 Å². The number of carbonyl (C=O) groups excluding carboxylic acids is 2. The molecular weight excluding hydrogens is 530 g/mol. The number of alkyl halides is 6. The Labute approximate surface area is 206 Å². The van der Waals surface area contributed by atoms with Crippen molar-refractivity contribution in [2.24, 2.45) is 0 Å². The minimum Gasteiger partial charge on any atom is -0.465 e. The van der Waals surface area contributed by atoms with Gasteiger partial charge in [-0.1, -0.05) is 24.3 Å². The second-order valence-electron chi connectivity index (χ2n) is 7.48. The van der Waals surface area contributed by atoms with Gasteiger partial charge in [0.1, 0.15) is 0 Å². The summed E-state index contributed by atoms with van der Waals surface area (Å²) in [6, 6.07) is 6.01. The van der Waals surface area contributed by atoms with Crippen molar-refractivity contribution in [1.82, 2.24) is 0 Å². The summed E-state index contributed by atoms with van der Waals surface area (Å²) in [7, 11) is -2.70. The molecule has 0 atom stereocenters. The summed E-state index contributed by atoms with van der Waals surface area (Å²) in [4.78, 5) is 23.4. The fourth-order valence-corrected chi connectivity index (χ4v) is 5.08. The number of carbonyl (C=O) groups is 2. The fraction of sp³-hybridized carbons (Fsp3) is 0.167. The number of benzene rings is 2. The molecule has 0 saturated carbocycles. The fourth-order valence-electron chi connectivity index (χ4n) is 3.39. The van der Waals surface area contributed by atoms with Crippen LogP contribution in [0.1, 0.15) is 22.3 Å². The Morgan fingerprint density at radius 2 is 0.973 bits per heavy atom. The van der Waals surface area contributed by atoms with Crippen LogP contribution in [0.2, 0.25) is 0 Å². The summed E-state index contributed by atoms with van der Waals surface area (Å²) in [5, 5.41) is 0. The maximum atomic E-state index is 13.5. The van der Waals surface area contributed by atoms with Crippen LogP contribution in [0, 0.1) is 0 Å². The molecule has 13 heteroatoms. The van der Waals surface area contributed by atoms with E-state index in [1.165, 1.54) is 0 Å². The number of allylic oxidation sites excluding steroid dienone is 3. The smallest absolute Gasteiger partial charge is 0.416 e. The van der Waals surface area contributed by atoms with Crippen molar-refractivity contribution >= 4 is 31.6 Å². The molecule has 2 aromatic rings. The van der Waals surface area contributed by atoms with E-state index in [9.17, 15) is 44.3 Å². The molecule has 0 radical (unpaired) electrons. The minimum absolute atomic E-state index is 0.239. The maximum absolute atomic E-state index is 13.5. The van der Waals surface area contributed by atoms with Gasteiger partial charge < -0.3 is 9.47 Å². The Balaban J connectivity index is 2.32. The zero-order valence-electron chi connectivity index (χ0n) is 18.9. The average molecular weight is 546 g/mol. The molecule has 1 heterocycles. The first-order valence-electron chi connectivity index (χ1n) is 10.1. The Morgan fingerprint density at radius 3 is 1.24 bits per heavy atom. The van der Waals surface area contributed by atoms with Crippen LogP contribution in [-0.4, -0.2) is 34.6 Å². The van der Waals surface area contributed by atoms with Crippen LogP contribution in [0.25, 0.3) is 9.81 Å². The van der Waals surface area contributed by atoms with Crippen LogP contribution < -0.4 is 0 Å². The van der Waals surface area contributed by atoms with Crippen LogP contribution in [-0.2, 0) is 41.3 Å². The summed E-state index contributed by atoms with van der Waals surface area (Å²) in [5.74, 6) is -2.43. The van der Waals surface area contributed by atoms with Crippen molar-refractivity contribution in [3.63, 3.8) is 0 Å². The van der Waals surface area contributed by atoms with Crippen LogP contribution >= 0.6 is 0 Å². The molecule has 0 aromatic heterocycles. The van der Waals surface area contributed by atoms with E-state index < -0.39 is 60.6 Å². The lowest BCUT2D eigenvalue weighted by Crippen LogP contribution is -2.20. The van der Waals surface area contributed by atoms with Crippen LogP contribution in [0.4, 0.5) is 26.3 Å². The second kappa shape index (κ2) is 9.88. The van der Waals surface area contributed by atoms with E-state index in [0.29, 0.717) is 24.3 Å². The van der Waals surface area contributed by atoms with Gasteiger partial charge in [-0.3, -0.25) is 0 Å². The molecule has 0 fully saturated rings. The van der Waals surface area contributed by atoms with Crippen molar-refractivity contribution < 1.29 is 53.8 Å². The third-order valence-corrected chi connectivity index (χ3v) is 7.08. The van der Waals surface area contributed by atoms with E-state index in [1.54, 1.807) is 0 Å². The van der Waals surface area contributed by atoms with E-state index in [4.69, 9.17) is 0 Å². The number of hydrogen-bond acceptors (Lipinski definition) is 6. The lowest BCUT2D eigenvalue weighted by Gasteiger charge is -2.20. The number of halogens is 6. The van der Waals surface area contributed by atoms with Gasteiger partial charge in [0, 0.05) is 0 Å². The number of methoxy groups -OCH3 is 2. The molecule has 0 N–H and O–H groups in total. The van der Waals surface area contributed by atoms with Gasteiger partial charge in [0.2, 0.25) is 9.84 Å².